The maximum Gasteiger partial charge on any atom is 0.415 e. The first kappa shape index (κ1) is 22.2. The van der Waals surface area contributed by atoms with Crippen molar-refractivity contribution >= 4 is 41.0 Å². The predicted molar refractivity (Wildman–Crippen MR) is 135 cm³/mol. The standard InChI is InChI=1S/C28H21Cl2NO4/c29-22-12-13-23(30)26-24(22)19-10-5-11-20(19)25(27(32)33)31(26)28(34)35-14-21-17-8-3-1-6-15(17)16-7-2-4-9-18(16)21/h1-10,12-13,19-21,25H,11,14H2,(H,32,33)/t19-,20+,25-/m0/s1. The van der Waals surface area contributed by atoms with Crippen LogP contribution in [0.2, 0.25) is 10.0 Å². The highest BCUT2D eigenvalue weighted by atomic mass is 35.5. The Labute approximate surface area is 212 Å². The Balaban J connectivity index is 1.37. The number of rotatable bonds is 3. The maximum absolute atomic E-state index is 13.6. The Bertz CT molecular complexity index is 1360. The fourth-order valence-corrected chi connectivity index (χ4v) is 6.45. The number of carbonyl (C=O) groups is 2. The van der Waals surface area contributed by atoms with Crippen molar-refractivity contribution in [2.45, 2.75) is 24.3 Å². The van der Waals surface area contributed by atoms with Crippen LogP contribution < -0.4 is 4.90 Å². The van der Waals surface area contributed by atoms with Crippen molar-refractivity contribution in [2.75, 3.05) is 11.5 Å². The van der Waals surface area contributed by atoms with Gasteiger partial charge in [-0.3, -0.25) is 4.90 Å². The minimum Gasteiger partial charge on any atom is -0.480 e. The third-order valence-electron chi connectivity index (χ3n) is 7.37. The predicted octanol–water partition coefficient (Wildman–Crippen LogP) is 6.88. The number of allylic oxidation sites excluding steroid dienone is 2. The summed E-state index contributed by atoms with van der Waals surface area (Å²) in [6.07, 6.45) is 3.68. The second-order valence-corrected chi connectivity index (χ2v) is 9.92. The van der Waals surface area contributed by atoms with Gasteiger partial charge in [-0.2, -0.15) is 0 Å². The van der Waals surface area contributed by atoms with Crippen molar-refractivity contribution in [3.63, 3.8) is 0 Å². The van der Waals surface area contributed by atoms with Gasteiger partial charge in [-0.15, -0.1) is 0 Å². The molecule has 0 fully saturated rings. The van der Waals surface area contributed by atoms with E-state index < -0.39 is 18.1 Å². The molecule has 0 saturated heterocycles. The van der Waals surface area contributed by atoms with Crippen molar-refractivity contribution in [3.05, 3.63) is 99.6 Å². The van der Waals surface area contributed by atoms with Crippen LogP contribution in [0.15, 0.2) is 72.8 Å². The first-order valence-electron chi connectivity index (χ1n) is 11.5. The zero-order chi connectivity index (χ0) is 24.3. The molecule has 6 rings (SSSR count). The SMILES string of the molecule is O=C(O)[C@@H]1[C@@H]2CC=C[C@@H]2c2c(Cl)ccc(Cl)c2N1C(=O)OCC1c2ccccc2-c2ccccc21. The number of halogens is 2. The molecule has 2 aliphatic carbocycles. The van der Waals surface area contributed by atoms with Crippen LogP contribution in [0, 0.1) is 5.92 Å². The Morgan fingerprint density at radius 2 is 1.57 bits per heavy atom. The second-order valence-electron chi connectivity index (χ2n) is 9.10. The van der Waals surface area contributed by atoms with E-state index in [-0.39, 0.29) is 29.4 Å². The van der Waals surface area contributed by atoms with E-state index in [0.29, 0.717) is 22.7 Å². The monoisotopic (exact) mass is 505 g/mol. The van der Waals surface area contributed by atoms with Crippen molar-refractivity contribution in [1.29, 1.82) is 0 Å². The topological polar surface area (TPSA) is 66.8 Å². The molecule has 1 amide bonds. The highest BCUT2D eigenvalue weighted by molar-refractivity contribution is 6.37. The number of anilines is 1. The average molecular weight is 506 g/mol. The lowest BCUT2D eigenvalue weighted by atomic mass is 9.78. The van der Waals surface area contributed by atoms with E-state index >= 15 is 0 Å². The van der Waals surface area contributed by atoms with Crippen molar-refractivity contribution in [3.8, 4) is 11.1 Å². The highest BCUT2D eigenvalue weighted by Crippen LogP contribution is 2.53. The molecule has 0 radical (unpaired) electrons. The van der Waals surface area contributed by atoms with Gasteiger partial charge in [0, 0.05) is 28.3 Å². The number of nitrogens with zero attached hydrogens (tertiary/aromatic N) is 1. The number of carboxylic acid groups (broad SMARTS) is 1. The molecule has 0 bridgehead atoms. The number of aliphatic carboxylic acids is 1. The molecule has 1 aliphatic heterocycles. The highest BCUT2D eigenvalue weighted by Gasteiger charge is 2.50. The number of fused-ring (bicyclic) bond motifs is 6. The van der Waals surface area contributed by atoms with Crippen LogP contribution in [-0.2, 0) is 9.53 Å². The minimum atomic E-state index is -1.12. The zero-order valence-corrected chi connectivity index (χ0v) is 20.0. The van der Waals surface area contributed by atoms with Crippen molar-refractivity contribution < 1.29 is 19.4 Å². The molecule has 3 aliphatic rings. The van der Waals surface area contributed by atoms with Crippen molar-refractivity contribution in [2.24, 2.45) is 5.92 Å². The van der Waals surface area contributed by atoms with Gasteiger partial charge in [0.2, 0.25) is 0 Å². The van der Waals surface area contributed by atoms with Gasteiger partial charge >= 0.3 is 12.1 Å². The summed E-state index contributed by atoms with van der Waals surface area (Å²) in [6.45, 7) is 0.0789. The lowest BCUT2D eigenvalue weighted by molar-refractivity contribution is -0.140. The van der Waals surface area contributed by atoms with Crippen LogP contribution >= 0.6 is 23.2 Å². The van der Waals surface area contributed by atoms with Gasteiger partial charge in [0.25, 0.3) is 0 Å². The summed E-state index contributed by atoms with van der Waals surface area (Å²) in [5, 5.41) is 10.9. The van der Waals surface area contributed by atoms with E-state index in [0.717, 1.165) is 22.3 Å². The molecule has 5 nitrogen and oxygen atoms in total. The molecule has 1 heterocycles. The number of hydrogen-bond acceptors (Lipinski definition) is 3. The van der Waals surface area contributed by atoms with Crippen LogP contribution in [0.25, 0.3) is 11.1 Å². The third-order valence-corrected chi connectivity index (χ3v) is 8.01. The third kappa shape index (κ3) is 3.37. The molecule has 0 saturated carbocycles. The maximum atomic E-state index is 13.6. The summed E-state index contributed by atoms with van der Waals surface area (Å²) in [4.78, 5) is 27.3. The van der Waals surface area contributed by atoms with Gasteiger partial charge < -0.3 is 9.84 Å². The smallest absolute Gasteiger partial charge is 0.415 e. The molecule has 0 spiro atoms. The van der Waals surface area contributed by atoms with E-state index in [1.807, 2.05) is 48.6 Å². The molecule has 3 atom stereocenters. The number of ether oxygens (including phenoxy) is 1. The number of benzene rings is 3. The van der Waals surface area contributed by atoms with E-state index in [9.17, 15) is 14.7 Å². The van der Waals surface area contributed by atoms with E-state index in [2.05, 4.69) is 12.1 Å². The van der Waals surface area contributed by atoms with E-state index in [4.69, 9.17) is 27.9 Å². The van der Waals surface area contributed by atoms with E-state index in [1.165, 1.54) is 4.90 Å². The summed E-state index contributed by atoms with van der Waals surface area (Å²) in [5.74, 6) is -1.82. The lowest BCUT2D eigenvalue weighted by Crippen LogP contribution is -2.54. The Morgan fingerprint density at radius 1 is 0.943 bits per heavy atom. The average Bonchev–Trinajstić information content (AvgIpc) is 3.46. The first-order valence-corrected chi connectivity index (χ1v) is 12.2. The molecular weight excluding hydrogens is 485 g/mol. The number of hydrogen-bond donors (Lipinski definition) is 1. The van der Waals surface area contributed by atoms with Crippen LogP contribution in [0.3, 0.4) is 0 Å². The molecule has 0 aromatic heterocycles. The Hall–Kier alpha value is -3.28. The second kappa shape index (κ2) is 8.43. The quantitative estimate of drug-likeness (QED) is 0.394. The fourth-order valence-electron chi connectivity index (χ4n) is 5.92. The number of carbonyl (C=O) groups excluding carboxylic acids is 1. The van der Waals surface area contributed by atoms with Gasteiger partial charge in [0.15, 0.2) is 0 Å². The molecule has 3 aromatic rings. The Morgan fingerprint density at radius 3 is 2.23 bits per heavy atom. The molecule has 35 heavy (non-hydrogen) atoms. The molecule has 7 heteroatoms. The number of amides is 1. The van der Waals surface area contributed by atoms with Crippen LogP contribution in [0.5, 0.6) is 0 Å². The number of carboxylic acids is 1. The molecule has 3 aromatic carbocycles. The first-order chi connectivity index (χ1) is 17.0. The van der Waals surface area contributed by atoms with Gasteiger partial charge in [0.1, 0.15) is 12.6 Å². The van der Waals surface area contributed by atoms with Crippen molar-refractivity contribution in [1.82, 2.24) is 0 Å². The van der Waals surface area contributed by atoms with Gasteiger partial charge in [-0.25, -0.2) is 9.59 Å². The molecule has 1 N–H and O–H groups in total. The Kier molecular flexibility index (Phi) is 5.35. The summed E-state index contributed by atoms with van der Waals surface area (Å²) >= 11 is 13.1. The summed E-state index contributed by atoms with van der Waals surface area (Å²) in [6, 6.07) is 18.3. The largest absolute Gasteiger partial charge is 0.480 e. The molecule has 0 unspecified atom stereocenters. The van der Waals surface area contributed by atoms with Gasteiger partial charge in [-0.1, -0.05) is 83.9 Å². The minimum absolute atomic E-state index is 0.0789. The lowest BCUT2D eigenvalue weighted by Gasteiger charge is -2.42. The normalized spacial score (nSPS) is 21.8. The van der Waals surface area contributed by atoms with Crippen LogP contribution in [0.4, 0.5) is 10.5 Å². The summed E-state index contributed by atoms with van der Waals surface area (Å²) in [5.41, 5.74) is 5.38. The van der Waals surface area contributed by atoms with Gasteiger partial charge in [-0.05, 0) is 40.8 Å². The summed E-state index contributed by atoms with van der Waals surface area (Å²) < 4.78 is 5.86. The zero-order valence-electron chi connectivity index (χ0n) is 18.5. The molecule has 176 valence electrons. The summed E-state index contributed by atoms with van der Waals surface area (Å²) in [7, 11) is 0. The van der Waals surface area contributed by atoms with E-state index in [1.54, 1.807) is 12.1 Å². The van der Waals surface area contributed by atoms with Crippen LogP contribution in [0.1, 0.15) is 34.9 Å². The van der Waals surface area contributed by atoms with Crippen LogP contribution in [-0.4, -0.2) is 29.8 Å². The fraction of sp³-hybridized carbons (Fsp3) is 0.214. The molecular formula is C28H21Cl2NO4. The van der Waals surface area contributed by atoms with Gasteiger partial charge in [0.05, 0.1) is 10.7 Å².